The predicted molar refractivity (Wildman–Crippen MR) is 81.3 cm³/mol. The maximum atomic E-state index is 5.59. The number of nitrogens with zero attached hydrogens (tertiary/aromatic N) is 1. The second-order valence-corrected chi connectivity index (χ2v) is 5.00. The third kappa shape index (κ3) is 2.50. The Morgan fingerprint density at radius 2 is 2.05 bits per heavy atom. The molecule has 3 nitrogen and oxygen atoms in total. The summed E-state index contributed by atoms with van der Waals surface area (Å²) in [5, 5.41) is 4.46. The van der Waals surface area contributed by atoms with Crippen molar-refractivity contribution < 1.29 is 4.74 Å². The normalized spacial score (nSPS) is 11.1. The Kier molecular flexibility index (Phi) is 3.93. The van der Waals surface area contributed by atoms with E-state index in [-0.39, 0.29) is 0 Å². The highest BCUT2D eigenvalue weighted by Crippen LogP contribution is 2.34. The molecule has 0 aliphatic carbocycles. The quantitative estimate of drug-likeness (QED) is 0.896. The topological polar surface area (TPSA) is 34.1 Å². The molecule has 102 valence electrons. The first-order valence-corrected chi connectivity index (χ1v) is 6.83. The molecule has 1 heterocycles. The van der Waals surface area contributed by atoms with E-state index in [4.69, 9.17) is 9.72 Å². The first-order valence-electron chi connectivity index (χ1n) is 6.83. The zero-order chi connectivity index (χ0) is 14.0. The van der Waals surface area contributed by atoms with E-state index in [0.29, 0.717) is 12.5 Å². The Balaban J connectivity index is 2.73. The molecule has 0 aliphatic rings. The van der Waals surface area contributed by atoms with Crippen LogP contribution in [0.25, 0.3) is 10.9 Å². The first-order chi connectivity index (χ1) is 9.08. The third-order valence-electron chi connectivity index (χ3n) is 3.32. The van der Waals surface area contributed by atoms with Gasteiger partial charge in [-0.2, -0.15) is 0 Å². The van der Waals surface area contributed by atoms with Crippen LogP contribution in [-0.4, -0.2) is 18.6 Å². The van der Waals surface area contributed by atoms with Crippen LogP contribution < -0.4 is 10.1 Å². The Morgan fingerprint density at radius 3 is 2.63 bits per heavy atom. The minimum absolute atomic E-state index is 0.440. The lowest BCUT2D eigenvalue weighted by molar-refractivity contribution is 0.340. The molecule has 1 N–H and O–H groups in total. The minimum Gasteiger partial charge on any atom is -0.494 e. The number of aryl methyl sites for hydroxylation is 1. The minimum atomic E-state index is 0.440. The van der Waals surface area contributed by atoms with Crippen LogP contribution in [0, 0.1) is 6.92 Å². The smallest absolute Gasteiger partial charge is 0.120 e. The number of nitrogens with one attached hydrogen (secondary N) is 1. The van der Waals surface area contributed by atoms with Gasteiger partial charge >= 0.3 is 0 Å². The summed E-state index contributed by atoms with van der Waals surface area (Å²) in [6.07, 6.45) is 0. The van der Waals surface area contributed by atoms with Crippen molar-refractivity contribution in [3.8, 4) is 5.75 Å². The summed E-state index contributed by atoms with van der Waals surface area (Å²) in [4.78, 5) is 4.71. The summed E-state index contributed by atoms with van der Waals surface area (Å²) < 4.78 is 5.59. The van der Waals surface area contributed by atoms with Gasteiger partial charge in [-0.15, -0.1) is 0 Å². The molecule has 0 aliphatic heterocycles. The average Bonchev–Trinajstić information content (AvgIpc) is 2.37. The number of hydrogen-bond donors (Lipinski definition) is 1. The molecule has 0 amide bonds. The van der Waals surface area contributed by atoms with Crippen molar-refractivity contribution in [1.29, 1.82) is 0 Å². The second-order valence-electron chi connectivity index (χ2n) is 5.00. The molecule has 0 unspecified atom stereocenters. The number of benzene rings is 1. The van der Waals surface area contributed by atoms with Gasteiger partial charge in [-0.1, -0.05) is 13.8 Å². The summed E-state index contributed by atoms with van der Waals surface area (Å²) in [6.45, 7) is 9.14. The first kappa shape index (κ1) is 13.7. The molecule has 0 saturated heterocycles. The van der Waals surface area contributed by atoms with Crippen molar-refractivity contribution in [1.82, 2.24) is 4.98 Å². The number of anilines is 1. The van der Waals surface area contributed by atoms with Crippen LogP contribution in [0.15, 0.2) is 18.2 Å². The Morgan fingerprint density at radius 1 is 1.32 bits per heavy atom. The van der Waals surface area contributed by atoms with Crippen LogP contribution in [-0.2, 0) is 0 Å². The van der Waals surface area contributed by atoms with E-state index in [9.17, 15) is 0 Å². The lowest BCUT2D eigenvalue weighted by Gasteiger charge is -2.18. The molecule has 0 atom stereocenters. The van der Waals surface area contributed by atoms with Gasteiger partial charge in [-0.3, -0.25) is 4.98 Å². The fourth-order valence-corrected chi connectivity index (χ4v) is 2.61. The zero-order valence-electron chi connectivity index (χ0n) is 12.4. The fourth-order valence-electron chi connectivity index (χ4n) is 2.61. The highest BCUT2D eigenvalue weighted by Gasteiger charge is 2.14. The molecule has 2 rings (SSSR count). The van der Waals surface area contributed by atoms with Crippen LogP contribution in [0.2, 0.25) is 0 Å². The van der Waals surface area contributed by atoms with Crippen molar-refractivity contribution in [3.05, 3.63) is 29.5 Å². The lowest BCUT2D eigenvalue weighted by atomic mass is 9.96. The Labute approximate surface area is 115 Å². The molecule has 0 bridgehead atoms. The maximum absolute atomic E-state index is 5.59. The third-order valence-corrected chi connectivity index (χ3v) is 3.32. The molecule has 0 radical (unpaired) electrons. The van der Waals surface area contributed by atoms with Gasteiger partial charge in [0, 0.05) is 23.8 Å². The van der Waals surface area contributed by atoms with Crippen molar-refractivity contribution in [2.24, 2.45) is 0 Å². The summed E-state index contributed by atoms with van der Waals surface area (Å²) >= 11 is 0. The molecule has 1 aromatic carbocycles. The number of rotatable bonds is 4. The molecule has 0 spiro atoms. The van der Waals surface area contributed by atoms with E-state index < -0.39 is 0 Å². The number of ether oxygens (including phenoxy) is 1. The molecule has 19 heavy (non-hydrogen) atoms. The van der Waals surface area contributed by atoms with Crippen LogP contribution in [0.4, 0.5) is 5.69 Å². The van der Waals surface area contributed by atoms with Crippen molar-refractivity contribution >= 4 is 16.6 Å². The largest absolute Gasteiger partial charge is 0.494 e. The van der Waals surface area contributed by atoms with Gasteiger partial charge in [0.1, 0.15) is 5.75 Å². The van der Waals surface area contributed by atoms with Crippen molar-refractivity contribution in [2.75, 3.05) is 19.0 Å². The zero-order valence-corrected chi connectivity index (χ0v) is 12.4. The van der Waals surface area contributed by atoms with E-state index >= 15 is 0 Å². The molecule has 3 heteroatoms. The number of pyridine rings is 1. The van der Waals surface area contributed by atoms with Gasteiger partial charge in [-0.25, -0.2) is 0 Å². The predicted octanol–water partition coefficient (Wildman–Crippen LogP) is 4.11. The second kappa shape index (κ2) is 5.47. The van der Waals surface area contributed by atoms with Gasteiger partial charge < -0.3 is 10.1 Å². The van der Waals surface area contributed by atoms with Crippen LogP contribution in [0.5, 0.6) is 5.75 Å². The van der Waals surface area contributed by atoms with Crippen LogP contribution in [0.3, 0.4) is 0 Å². The van der Waals surface area contributed by atoms with Crippen molar-refractivity contribution in [2.45, 2.75) is 33.6 Å². The summed E-state index contributed by atoms with van der Waals surface area (Å²) in [7, 11) is 1.97. The molecular formula is C16H22N2O. The number of aromatic nitrogens is 1. The van der Waals surface area contributed by atoms with E-state index in [2.05, 4.69) is 32.2 Å². The molecule has 2 aromatic rings. The van der Waals surface area contributed by atoms with Gasteiger partial charge in [0.2, 0.25) is 0 Å². The monoisotopic (exact) mass is 258 g/mol. The SMILES string of the molecule is CCOc1ccc2nc(C)c(C(C)C)c(NC)c2c1. The fraction of sp³-hybridized carbons (Fsp3) is 0.438. The van der Waals surface area contributed by atoms with Crippen molar-refractivity contribution in [3.63, 3.8) is 0 Å². The standard InChI is InChI=1S/C16H22N2O/c1-6-19-12-7-8-14-13(9-12)16(17-5)15(10(2)3)11(4)18-14/h7-10H,6H2,1-5H3,(H,17,18). The van der Waals surface area contributed by atoms with Gasteiger partial charge in [-0.05, 0) is 43.5 Å². The van der Waals surface area contributed by atoms with Crippen LogP contribution in [0.1, 0.15) is 37.9 Å². The highest BCUT2D eigenvalue weighted by molar-refractivity contribution is 5.94. The van der Waals surface area contributed by atoms with Gasteiger partial charge in [0.15, 0.2) is 0 Å². The summed E-state index contributed by atoms with van der Waals surface area (Å²) in [5.74, 6) is 1.34. The molecule has 0 fully saturated rings. The molecule has 1 aromatic heterocycles. The number of fused-ring (bicyclic) bond motifs is 1. The number of hydrogen-bond acceptors (Lipinski definition) is 3. The molecule has 0 saturated carbocycles. The van der Waals surface area contributed by atoms with E-state index in [1.165, 1.54) is 11.3 Å². The van der Waals surface area contributed by atoms with E-state index in [1.54, 1.807) is 0 Å². The summed E-state index contributed by atoms with van der Waals surface area (Å²) in [5.41, 5.74) is 4.55. The van der Waals surface area contributed by atoms with Gasteiger partial charge in [0.05, 0.1) is 12.1 Å². The maximum Gasteiger partial charge on any atom is 0.120 e. The summed E-state index contributed by atoms with van der Waals surface area (Å²) in [6, 6.07) is 6.08. The Bertz CT molecular complexity index is 591. The van der Waals surface area contributed by atoms with E-state index in [0.717, 1.165) is 22.3 Å². The highest BCUT2D eigenvalue weighted by atomic mass is 16.5. The molecular weight excluding hydrogens is 236 g/mol. The Hall–Kier alpha value is -1.77. The lowest BCUT2D eigenvalue weighted by Crippen LogP contribution is -2.04. The van der Waals surface area contributed by atoms with Crippen LogP contribution >= 0.6 is 0 Å². The average molecular weight is 258 g/mol. The van der Waals surface area contributed by atoms with Gasteiger partial charge in [0.25, 0.3) is 0 Å². The van der Waals surface area contributed by atoms with E-state index in [1.807, 2.05) is 26.1 Å².